The Morgan fingerprint density at radius 2 is 2.00 bits per heavy atom. The molecule has 2 rings (SSSR count). The molecule has 17 heavy (non-hydrogen) atoms. The molecule has 0 aliphatic carbocycles. The molecule has 2 aromatic rings. The van der Waals surface area contributed by atoms with Gasteiger partial charge in [-0.2, -0.15) is 0 Å². The number of benzene rings is 1. The summed E-state index contributed by atoms with van der Waals surface area (Å²) >= 11 is 1.42. The lowest BCUT2D eigenvalue weighted by Gasteiger charge is -2.12. The van der Waals surface area contributed by atoms with Gasteiger partial charge in [0.1, 0.15) is 11.1 Å². The van der Waals surface area contributed by atoms with Gasteiger partial charge >= 0.3 is 0 Å². The van der Waals surface area contributed by atoms with Gasteiger partial charge in [-0.1, -0.05) is 6.07 Å². The SMILES string of the molecule is COc1ccc(C(O)c2nccs2)cc1OC. The van der Waals surface area contributed by atoms with Gasteiger partial charge in [0.25, 0.3) is 0 Å². The predicted molar refractivity (Wildman–Crippen MR) is 65.7 cm³/mol. The minimum absolute atomic E-state index is 0.598. The molecule has 0 amide bonds. The molecular formula is C12H13NO3S. The zero-order valence-corrected chi connectivity index (χ0v) is 10.4. The molecule has 0 fully saturated rings. The maximum atomic E-state index is 10.1. The summed E-state index contributed by atoms with van der Waals surface area (Å²) in [4.78, 5) is 4.09. The van der Waals surface area contributed by atoms with E-state index in [4.69, 9.17) is 9.47 Å². The number of aromatic nitrogens is 1. The van der Waals surface area contributed by atoms with E-state index in [1.54, 1.807) is 38.6 Å². The second-order valence-electron chi connectivity index (χ2n) is 3.39. The van der Waals surface area contributed by atoms with E-state index < -0.39 is 6.10 Å². The van der Waals surface area contributed by atoms with Crippen LogP contribution in [-0.2, 0) is 0 Å². The molecule has 1 aromatic heterocycles. The molecule has 1 atom stereocenters. The van der Waals surface area contributed by atoms with Gasteiger partial charge in [-0.3, -0.25) is 0 Å². The van der Waals surface area contributed by atoms with Crippen LogP contribution in [0.1, 0.15) is 16.7 Å². The number of aliphatic hydroxyl groups is 1. The van der Waals surface area contributed by atoms with Crippen molar-refractivity contribution in [2.45, 2.75) is 6.10 Å². The summed E-state index contributed by atoms with van der Waals surface area (Å²) in [5, 5.41) is 12.6. The molecule has 0 saturated carbocycles. The molecule has 1 aromatic carbocycles. The van der Waals surface area contributed by atoms with Crippen LogP contribution in [0.15, 0.2) is 29.8 Å². The molecule has 0 aliphatic heterocycles. The Balaban J connectivity index is 2.33. The third-order valence-electron chi connectivity index (χ3n) is 2.41. The van der Waals surface area contributed by atoms with E-state index in [1.165, 1.54) is 11.3 Å². The number of methoxy groups -OCH3 is 2. The maximum Gasteiger partial charge on any atom is 0.161 e. The van der Waals surface area contributed by atoms with Gasteiger partial charge in [-0.25, -0.2) is 4.98 Å². The first-order chi connectivity index (χ1) is 8.26. The Hall–Kier alpha value is -1.59. The Morgan fingerprint density at radius 3 is 2.59 bits per heavy atom. The molecule has 1 unspecified atom stereocenters. The minimum Gasteiger partial charge on any atom is -0.493 e. The van der Waals surface area contributed by atoms with E-state index in [2.05, 4.69) is 4.98 Å². The fourth-order valence-electron chi connectivity index (χ4n) is 1.53. The zero-order chi connectivity index (χ0) is 12.3. The van der Waals surface area contributed by atoms with E-state index in [0.717, 1.165) is 5.56 Å². The van der Waals surface area contributed by atoms with Gasteiger partial charge in [0, 0.05) is 11.6 Å². The van der Waals surface area contributed by atoms with Crippen LogP contribution in [0.3, 0.4) is 0 Å². The van der Waals surface area contributed by atoms with Crippen molar-refractivity contribution in [3.05, 3.63) is 40.3 Å². The topological polar surface area (TPSA) is 51.6 Å². The highest BCUT2D eigenvalue weighted by Crippen LogP contribution is 2.32. The molecule has 4 nitrogen and oxygen atoms in total. The molecule has 0 radical (unpaired) electrons. The maximum absolute atomic E-state index is 10.1. The van der Waals surface area contributed by atoms with Crippen molar-refractivity contribution in [1.29, 1.82) is 0 Å². The van der Waals surface area contributed by atoms with Crippen LogP contribution in [0.25, 0.3) is 0 Å². The van der Waals surface area contributed by atoms with Crippen LogP contribution >= 0.6 is 11.3 Å². The average Bonchev–Trinajstić information content (AvgIpc) is 2.90. The molecular weight excluding hydrogens is 238 g/mol. The lowest BCUT2D eigenvalue weighted by Crippen LogP contribution is -2.00. The van der Waals surface area contributed by atoms with Crippen molar-refractivity contribution in [3.63, 3.8) is 0 Å². The van der Waals surface area contributed by atoms with Crippen molar-refractivity contribution in [3.8, 4) is 11.5 Å². The van der Waals surface area contributed by atoms with Gasteiger partial charge in [0.15, 0.2) is 11.5 Å². The molecule has 1 N–H and O–H groups in total. The second kappa shape index (κ2) is 5.16. The Labute approximate surface area is 103 Å². The van der Waals surface area contributed by atoms with Crippen LogP contribution < -0.4 is 9.47 Å². The van der Waals surface area contributed by atoms with E-state index in [-0.39, 0.29) is 0 Å². The quantitative estimate of drug-likeness (QED) is 0.905. The highest BCUT2D eigenvalue weighted by molar-refractivity contribution is 7.09. The first-order valence-corrected chi connectivity index (χ1v) is 5.93. The van der Waals surface area contributed by atoms with E-state index >= 15 is 0 Å². The lowest BCUT2D eigenvalue weighted by atomic mass is 10.1. The van der Waals surface area contributed by atoms with Gasteiger partial charge < -0.3 is 14.6 Å². The predicted octanol–water partition coefficient (Wildman–Crippen LogP) is 2.24. The van der Waals surface area contributed by atoms with Crippen LogP contribution in [0, 0.1) is 0 Å². The lowest BCUT2D eigenvalue weighted by molar-refractivity contribution is 0.219. The number of aliphatic hydroxyl groups excluding tert-OH is 1. The molecule has 0 saturated heterocycles. The van der Waals surface area contributed by atoms with Crippen molar-refractivity contribution in [2.75, 3.05) is 14.2 Å². The van der Waals surface area contributed by atoms with E-state index in [0.29, 0.717) is 16.5 Å². The first-order valence-electron chi connectivity index (χ1n) is 5.05. The molecule has 0 spiro atoms. The molecule has 90 valence electrons. The van der Waals surface area contributed by atoms with Crippen LogP contribution in [0.5, 0.6) is 11.5 Å². The second-order valence-corrected chi connectivity index (χ2v) is 4.31. The van der Waals surface area contributed by atoms with Crippen molar-refractivity contribution < 1.29 is 14.6 Å². The summed E-state index contributed by atoms with van der Waals surface area (Å²) in [6.07, 6.45) is 0.944. The summed E-state index contributed by atoms with van der Waals surface area (Å²) in [5.41, 5.74) is 0.734. The highest BCUT2D eigenvalue weighted by atomic mass is 32.1. The molecule has 0 aliphatic rings. The fourth-order valence-corrected chi connectivity index (χ4v) is 2.18. The normalized spacial score (nSPS) is 12.2. The largest absolute Gasteiger partial charge is 0.493 e. The summed E-state index contributed by atoms with van der Waals surface area (Å²) in [6, 6.07) is 5.32. The van der Waals surface area contributed by atoms with Gasteiger partial charge in [-0.15, -0.1) is 11.3 Å². The monoisotopic (exact) mass is 251 g/mol. The first kappa shape index (κ1) is 11.9. The third-order valence-corrected chi connectivity index (χ3v) is 3.24. The van der Waals surface area contributed by atoms with E-state index in [9.17, 15) is 5.11 Å². The molecule has 5 heteroatoms. The number of hydrogen-bond donors (Lipinski definition) is 1. The highest BCUT2D eigenvalue weighted by Gasteiger charge is 2.15. The molecule has 1 heterocycles. The van der Waals surface area contributed by atoms with Crippen molar-refractivity contribution in [2.24, 2.45) is 0 Å². The van der Waals surface area contributed by atoms with Gasteiger partial charge in [-0.05, 0) is 17.7 Å². The zero-order valence-electron chi connectivity index (χ0n) is 9.58. The van der Waals surface area contributed by atoms with Crippen molar-refractivity contribution >= 4 is 11.3 Å². The fraction of sp³-hybridized carbons (Fsp3) is 0.250. The summed E-state index contributed by atoms with van der Waals surface area (Å²) in [7, 11) is 3.15. The Bertz CT molecular complexity index is 485. The van der Waals surface area contributed by atoms with Gasteiger partial charge in [0.2, 0.25) is 0 Å². The number of thiazole rings is 1. The van der Waals surface area contributed by atoms with Crippen molar-refractivity contribution in [1.82, 2.24) is 4.98 Å². The van der Waals surface area contributed by atoms with Gasteiger partial charge in [0.05, 0.1) is 14.2 Å². The number of rotatable bonds is 4. The third kappa shape index (κ3) is 2.40. The Kier molecular flexibility index (Phi) is 3.61. The van der Waals surface area contributed by atoms with Crippen LogP contribution in [-0.4, -0.2) is 24.3 Å². The van der Waals surface area contributed by atoms with Crippen LogP contribution in [0.2, 0.25) is 0 Å². The van der Waals surface area contributed by atoms with Crippen LogP contribution in [0.4, 0.5) is 0 Å². The number of ether oxygens (including phenoxy) is 2. The summed E-state index contributed by atoms with van der Waals surface area (Å²) in [6.45, 7) is 0. The molecule has 0 bridgehead atoms. The Morgan fingerprint density at radius 1 is 1.24 bits per heavy atom. The van der Waals surface area contributed by atoms with E-state index in [1.807, 2.05) is 5.38 Å². The summed E-state index contributed by atoms with van der Waals surface area (Å²) in [5.74, 6) is 1.24. The number of hydrogen-bond acceptors (Lipinski definition) is 5. The summed E-state index contributed by atoms with van der Waals surface area (Å²) < 4.78 is 10.3. The smallest absolute Gasteiger partial charge is 0.161 e. The average molecular weight is 251 g/mol. The standard InChI is InChI=1S/C12H13NO3S/c1-15-9-4-3-8(7-10(9)16-2)11(14)12-13-5-6-17-12/h3-7,11,14H,1-2H3. The number of nitrogens with zero attached hydrogens (tertiary/aromatic N) is 1. The minimum atomic E-state index is -0.727.